The molecule has 3 unspecified atom stereocenters. The second-order valence-corrected chi connectivity index (χ2v) is 4.42. The summed E-state index contributed by atoms with van der Waals surface area (Å²) in [6.45, 7) is 2.32. The molecule has 2 aliphatic rings. The number of carboxylic acid groups (broad SMARTS) is 2. The molecule has 0 heterocycles. The number of hydrogen-bond donors (Lipinski definition) is 0. The van der Waals surface area contributed by atoms with Crippen molar-refractivity contribution >= 4 is 11.9 Å². The van der Waals surface area contributed by atoms with Crippen LogP contribution in [-0.4, -0.2) is 11.9 Å². The molecule has 19 heavy (non-hydrogen) atoms. The molecule has 1 fully saturated rings. The van der Waals surface area contributed by atoms with Gasteiger partial charge in [-0.1, -0.05) is 25.5 Å². The van der Waals surface area contributed by atoms with Crippen molar-refractivity contribution in [2.75, 3.05) is 0 Å². The number of aliphatic carboxylic acids is 2. The summed E-state index contributed by atoms with van der Waals surface area (Å²) in [4.78, 5) is 18.8. The van der Waals surface area contributed by atoms with Gasteiger partial charge >= 0.3 is 59.1 Å². The van der Waals surface area contributed by atoms with Crippen molar-refractivity contribution in [2.45, 2.75) is 26.2 Å². The summed E-state index contributed by atoms with van der Waals surface area (Å²) in [5, 5.41) is 18.8. The zero-order valence-corrected chi connectivity index (χ0v) is 15.8. The van der Waals surface area contributed by atoms with Crippen molar-refractivity contribution in [2.24, 2.45) is 17.8 Å². The van der Waals surface area contributed by atoms with Gasteiger partial charge in [0.1, 0.15) is 0 Å². The van der Waals surface area contributed by atoms with E-state index in [1.165, 1.54) is 19.3 Å². The number of allylic oxidation sites excluding steroid dienone is 2. The van der Waals surface area contributed by atoms with Gasteiger partial charge in [0.15, 0.2) is 0 Å². The molecule has 2 rings (SSSR count). The summed E-state index contributed by atoms with van der Waals surface area (Å²) in [6.07, 6.45) is 9.96. The predicted molar refractivity (Wildman–Crippen MR) is 58.3 cm³/mol. The Morgan fingerprint density at radius 3 is 1.84 bits per heavy atom. The summed E-state index contributed by atoms with van der Waals surface area (Å²) >= 11 is 0. The minimum absolute atomic E-state index is 0. The van der Waals surface area contributed by atoms with Crippen molar-refractivity contribution in [3.05, 3.63) is 24.3 Å². The molecular formula is C13H16Na2O4. The van der Waals surface area contributed by atoms with Crippen molar-refractivity contribution in [3.63, 3.8) is 0 Å². The fraction of sp³-hybridized carbons (Fsp3) is 0.538. The zero-order valence-electron chi connectivity index (χ0n) is 11.8. The molecule has 6 heteroatoms. The predicted octanol–water partition coefficient (Wildman–Crippen LogP) is -6.34. The first-order valence-corrected chi connectivity index (χ1v) is 5.81. The number of carboxylic acids is 2. The van der Waals surface area contributed by atoms with E-state index in [-0.39, 0.29) is 59.1 Å². The van der Waals surface area contributed by atoms with Gasteiger partial charge in [-0.05, 0) is 42.7 Å². The summed E-state index contributed by atoms with van der Waals surface area (Å²) in [5.41, 5.74) is 0. The third-order valence-electron chi connectivity index (χ3n) is 3.30. The molecule has 0 amide bonds. The van der Waals surface area contributed by atoms with E-state index in [9.17, 15) is 19.8 Å². The van der Waals surface area contributed by atoms with Crippen LogP contribution < -0.4 is 69.3 Å². The summed E-state index contributed by atoms with van der Waals surface area (Å²) in [7, 11) is 0. The SMILES string of the molecule is CCC1CC2C=CC1C2.O=C([O-])/C=C\C(=O)[O-].[Na+].[Na+]. The molecule has 0 aromatic carbocycles. The quantitative estimate of drug-likeness (QED) is 0.293. The first-order valence-electron chi connectivity index (χ1n) is 5.81. The van der Waals surface area contributed by atoms with Crippen molar-refractivity contribution in [1.82, 2.24) is 0 Å². The van der Waals surface area contributed by atoms with Crippen LogP contribution in [0, 0.1) is 17.8 Å². The molecule has 3 atom stereocenters. The van der Waals surface area contributed by atoms with Crippen LogP contribution in [0.1, 0.15) is 26.2 Å². The van der Waals surface area contributed by atoms with Gasteiger partial charge in [-0.2, -0.15) is 0 Å². The maximum atomic E-state index is 9.41. The van der Waals surface area contributed by atoms with Crippen LogP contribution in [0.3, 0.4) is 0 Å². The van der Waals surface area contributed by atoms with Crippen LogP contribution in [0.5, 0.6) is 0 Å². The summed E-state index contributed by atoms with van der Waals surface area (Å²) < 4.78 is 0. The van der Waals surface area contributed by atoms with Gasteiger partial charge in [0.2, 0.25) is 0 Å². The smallest absolute Gasteiger partial charge is 0.545 e. The van der Waals surface area contributed by atoms with Crippen LogP contribution in [0.4, 0.5) is 0 Å². The van der Waals surface area contributed by atoms with E-state index in [1.54, 1.807) is 0 Å². The van der Waals surface area contributed by atoms with Crippen molar-refractivity contribution in [3.8, 4) is 0 Å². The van der Waals surface area contributed by atoms with E-state index in [4.69, 9.17) is 0 Å². The van der Waals surface area contributed by atoms with Gasteiger partial charge in [0.05, 0.1) is 11.9 Å². The molecular weight excluding hydrogens is 266 g/mol. The van der Waals surface area contributed by atoms with Gasteiger partial charge < -0.3 is 19.8 Å². The van der Waals surface area contributed by atoms with Crippen LogP contribution in [-0.2, 0) is 9.59 Å². The largest absolute Gasteiger partial charge is 1.00 e. The third kappa shape index (κ3) is 8.33. The Kier molecular flexibility index (Phi) is 12.7. The monoisotopic (exact) mass is 282 g/mol. The number of fused-ring (bicyclic) bond motifs is 2. The average Bonchev–Trinajstić information content (AvgIpc) is 2.88. The molecule has 0 aromatic rings. The summed E-state index contributed by atoms with van der Waals surface area (Å²) in [6, 6.07) is 0. The summed E-state index contributed by atoms with van der Waals surface area (Å²) in [5.74, 6) is -0.108. The number of carbonyl (C=O) groups excluding carboxylic acids is 2. The molecule has 0 spiro atoms. The Hall–Kier alpha value is 0.420. The van der Waals surface area contributed by atoms with Gasteiger partial charge in [0, 0.05) is 0 Å². The van der Waals surface area contributed by atoms with Gasteiger partial charge in [-0.3, -0.25) is 0 Å². The fourth-order valence-corrected chi connectivity index (χ4v) is 2.50. The Labute approximate surface area is 157 Å². The maximum Gasteiger partial charge on any atom is 1.00 e. The second kappa shape index (κ2) is 11.1. The Morgan fingerprint density at radius 1 is 1.11 bits per heavy atom. The number of rotatable bonds is 3. The van der Waals surface area contributed by atoms with E-state index in [0.29, 0.717) is 12.2 Å². The van der Waals surface area contributed by atoms with Crippen LogP contribution in [0.25, 0.3) is 0 Å². The average molecular weight is 282 g/mol. The second-order valence-electron chi connectivity index (χ2n) is 4.42. The van der Waals surface area contributed by atoms with E-state index < -0.39 is 11.9 Å². The molecule has 94 valence electrons. The topological polar surface area (TPSA) is 80.3 Å². The normalized spacial score (nSPS) is 26.1. The van der Waals surface area contributed by atoms with Gasteiger partial charge in [-0.15, -0.1) is 0 Å². The first kappa shape index (κ1) is 21.7. The Morgan fingerprint density at radius 2 is 1.63 bits per heavy atom. The van der Waals surface area contributed by atoms with E-state index in [2.05, 4.69) is 19.1 Å². The molecule has 1 saturated carbocycles. The molecule has 4 nitrogen and oxygen atoms in total. The standard InChI is InChI=1S/C9H14.C4H4O4.2Na/c1-2-8-5-7-3-4-9(8)6-7;5-3(6)1-2-4(7)8;;/h3-4,7-9H,2,5-6H2,1H3;1-2H,(H,5,6)(H,7,8);;/q;;2*+1/p-2/b;2-1-;;. The van der Waals surface area contributed by atoms with Crippen molar-refractivity contribution < 1.29 is 78.9 Å². The van der Waals surface area contributed by atoms with E-state index >= 15 is 0 Å². The molecule has 2 bridgehead atoms. The Bertz CT molecular complexity index is 337. The molecule has 0 aromatic heterocycles. The molecule has 0 radical (unpaired) electrons. The molecule has 0 saturated heterocycles. The van der Waals surface area contributed by atoms with E-state index in [0.717, 1.165) is 17.8 Å². The minimum Gasteiger partial charge on any atom is -0.545 e. The molecule has 0 N–H and O–H groups in total. The molecule has 2 aliphatic carbocycles. The Balaban J connectivity index is 0. The van der Waals surface area contributed by atoms with Gasteiger partial charge in [0.25, 0.3) is 0 Å². The molecule has 0 aliphatic heterocycles. The fourth-order valence-electron chi connectivity index (χ4n) is 2.50. The number of hydrogen-bond acceptors (Lipinski definition) is 4. The third-order valence-corrected chi connectivity index (χ3v) is 3.30. The van der Waals surface area contributed by atoms with Gasteiger partial charge in [-0.25, -0.2) is 0 Å². The van der Waals surface area contributed by atoms with Crippen molar-refractivity contribution in [1.29, 1.82) is 0 Å². The number of carbonyl (C=O) groups is 2. The first-order chi connectivity index (χ1) is 8.02. The maximum absolute atomic E-state index is 9.41. The zero-order chi connectivity index (χ0) is 12.8. The van der Waals surface area contributed by atoms with Crippen LogP contribution in [0.2, 0.25) is 0 Å². The van der Waals surface area contributed by atoms with Crippen LogP contribution in [0.15, 0.2) is 24.3 Å². The van der Waals surface area contributed by atoms with Crippen LogP contribution >= 0.6 is 0 Å². The van der Waals surface area contributed by atoms with E-state index in [1.807, 2.05) is 0 Å². The minimum atomic E-state index is -1.55.